The molecule has 25 heavy (non-hydrogen) atoms. The number of carbonyl (C=O) groups excluding carboxylic acids is 1. The van der Waals surface area contributed by atoms with Gasteiger partial charge in [0.25, 0.3) is 5.91 Å². The maximum Gasteiger partial charge on any atom is 0.278 e. The van der Waals surface area contributed by atoms with E-state index in [0.29, 0.717) is 24.5 Å². The Morgan fingerprint density at radius 1 is 1.28 bits per heavy atom. The van der Waals surface area contributed by atoms with Crippen LogP contribution >= 0.6 is 11.3 Å². The molecule has 1 atom stereocenters. The maximum atomic E-state index is 12.3. The highest BCUT2D eigenvalue weighted by atomic mass is 32.1. The Morgan fingerprint density at radius 3 is 3.04 bits per heavy atom. The quantitative estimate of drug-likeness (QED) is 0.785. The molecule has 0 saturated carbocycles. The third-order valence-electron chi connectivity index (χ3n) is 4.29. The molecule has 128 valence electrons. The van der Waals surface area contributed by atoms with Crippen LogP contribution in [0, 0.1) is 0 Å². The van der Waals surface area contributed by atoms with Gasteiger partial charge in [-0.15, -0.1) is 11.3 Å². The first-order valence-corrected chi connectivity index (χ1v) is 9.21. The van der Waals surface area contributed by atoms with Gasteiger partial charge in [0, 0.05) is 24.7 Å². The standard InChI is InChI=1S/C19H19N3O2S/c23-18(17-12-20-8-10-24-17)21-19-22(9-11-25-19)13-15-6-3-5-14-4-1-2-7-16(14)15/h1-7,9,11,17,20H,8,10,12-13H2. The van der Waals surface area contributed by atoms with E-state index in [2.05, 4.69) is 40.6 Å². The summed E-state index contributed by atoms with van der Waals surface area (Å²) in [6.07, 6.45) is 1.49. The Balaban J connectivity index is 1.63. The van der Waals surface area contributed by atoms with E-state index < -0.39 is 6.10 Å². The van der Waals surface area contributed by atoms with Crippen LogP contribution in [0.4, 0.5) is 0 Å². The van der Waals surface area contributed by atoms with E-state index >= 15 is 0 Å². The number of ether oxygens (including phenoxy) is 1. The van der Waals surface area contributed by atoms with E-state index in [1.807, 2.05) is 28.3 Å². The summed E-state index contributed by atoms with van der Waals surface area (Å²) in [6.45, 7) is 2.54. The van der Waals surface area contributed by atoms with Crippen molar-refractivity contribution < 1.29 is 9.53 Å². The molecule has 0 spiro atoms. The van der Waals surface area contributed by atoms with Crippen molar-refractivity contribution in [2.24, 2.45) is 4.99 Å². The summed E-state index contributed by atoms with van der Waals surface area (Å²) in [5, 5.41) is 7.55. The maximum absolute atomic E-state index is 12.3. The summed E-state index contributed by atoms with van der Waals surface area (Å²) < 4.78 is 7.51. The second-order valence-corrected chi connectivity index (χ2v) is 6.84. The van der Waals surface area contributed by atoms with Crippen LogP contribution in [0.3, 0.4) is 0 Å². The van der Waals surface area contributed by atoms with Crippen molar-refractivity contribution >= 4 is 28.0 Å². The fourth-order valence-corrected chi connectivity index (χ4v) is 3.74. The molecule has 2 aromatic carbocycles. The van der Waals surface area contributed by atoms with Gasteiger partial charge in [-0.05, 0) is 16.3 Å². The van der Waals surface area contributed by atoms with E-state index in [-0.39, 0.29) is 5.91 Å². The van der Waals surface area contributed by atoms with Crippen molar-refractivity contribution in [3.8, 4) is 0 Å². The molecule has 1 unspecified atom stereocenters. The third kappa shape index (κ3) is 3.56. The third-order valence-corrected chi connectivity index (χ3v) is 5.08. The number of nitrogens with zero attached hydrogens (tertiary/aromatic N) is 2. The first-order valence-electron chi connectivity index (χ1n) is 8.33. The summed E-state index contributed by atoms with van der Waals surface area (Å²) in [5.41, 5.74) is 1.21. The number of benzene rings is 2. The molecule has 5 nitrogen and oxygen atoms in total. The van der Waals surface area contributed by atoms with E-state index in [1.54, 1.807) is 0 Å². The molecule has 1 N–H and O–H groups in total. The molecule has 0 aliphatic carbocycles. The number of nitrogens with one attached hydrogen (secondary N) is 1. The van der Waals surface area contributed by atoms with Gasteiger partial charge in [0.15, 0.2) is 10.9 Å². The van der Waals surface area contributed by atoms with Crippen LogP contribution in [0.5, 0.6) is 0 Å². The number of rotatable bonds is 3. The number of hydrogen-bond donors (Lipinski definition) is 1. The van der Waals surface area contributed by atoms with Crippen molar-refractivity contribution in [1.82, 2.24) is 9.88 Å². The Hall–Kier alpha value is -2.28. The molecule has 2 heterocycles. The minimum Gasteiger partial charge on any atom is -0.366 e. The van der Waals surface area contributed by atoms with Gasteiger partial charge in [-0.2, -0.15) is 4.99 Å². The lowest BCUT2D eigenvalue weighted by atomic mass is 10.0. The largest absolute Gasteiger partial charge is 0.366 e. The molecule has 3 aromatic rings. The van der Waals surface area contributed by atoms with Crippen molar-refractivity contribution in [3.05, 3.63) is 64.4 Å². The molecule has 1 aliphatic heterocycles. The van der Waals surface area contributed by atoms with E-state index in [4.69, 9.17) is 4.74 Å². The van der Waals surface area contributed by atoms with Crippen molar-refractivity contribution in [2.45, 2.75) is 12.6 Å². The van der Waals surface area contributed by atoms with Crippen LogP contribution in [0.15, 0.2) is 59.0 Å². The molecule has 1 amide bonds. The van der Waals surface area contributed by atoms with Crippen LogP contribution < -0.4 is 10.1 Å². The van der Waals surface area contributed by atoms with Crippen LogP contribution in [0.1, 0.15) is 5.56 Å². The first-order chi connectivity index (χ1) is 12.3. The van der Waals surface area contributed by atoms with Gasteiger partial charge >= 0.3 is 0 Å². The summed E-state index contributed by atoms with van der Waals surface area (Å²) in [6, 6.07) is 14.6. The van der Waals surface area contributed by atoms with Crippen LogP contribution in [0.25, 0.3) is 10.8 Å². The molecule has 1 aromatic heterocycles. The highest BCUT2D eigenvalue weighted by molar-refractivity contribution is 7.07. The molecule has 1 fully saturated rings. The number of aromatic nitrogens is 1. The zero-order chi connectivity index (χ0) is 17.1. The number of thiazole rings is 1. The van der Waals surface area contributed by atoms with Crippen LogP contribution in [-0.4, -0.2) is 36.3 Å². The average Bonchev–Trinajstić information content (AvgIpc) is 3.09. The van der Waals surface area contributed by atoms with Crippen molar-refractivity contribution in [2.75, 3.05) is 19.7 Å². The minimum absolute atomic E-state index is 0.221. The van der Waals surface area contributed by atoms with Gasteiger partial charge in [-0.25, -0.2) is 0 Å². The second kappa shape index (κ2) is 7.31. The van der Waals surface area contributed by atoms with Gasteiger partial charge in [0.2, 0.25) is 0 Å². The average molecular weight is 353 g/mol. The molecule has 0 radical (unpaired) electrons. The lowest BCUT2D eigenvalue weighted by Gasteiger charge is -2.20. The Labute approximate surface area is 149 Å². The molecule has 4 rings (SSSR count). The Kier molecular flexibility index (Phi) is 4.74. The fourth-order valence-electron chi connectivity index (χ4n) is 3.01. The van der Waals surface area contributed by atoms with Crippen LogP contribution in [-0.2, 0) is 16.1 Å². The van der Waals surface area contributed by atoms with E-state index in [9.17, 15) is 4.79 Å². The van der Waals surface area contributed by atoms with Crippen molar-refractivity contribution in [1.29, 1.82) is 0 Å². The topological polar surface area (TPSA) is 55.6 Å². The van der Waals surface area contributed by atoms with Gasteiger partial charge in [-0.3, -0.25) is 4.79 Å². The molecular weight excluding hydrogens is 334 g/mol. The summed E-state index contributed by atoms with van der Waals surface area (Å²) in [4.78, 5) is 17.3. The zero-order valence-corrected chi connectivity index (χ0v) is 14.5. The Bertz CT molecular complexity index is 949. The highest BCUT2D eigenvalue weighted by Gasteiger charge is 2.21. The molecule has 1 aliphatic rings. The highest BCUT2D eigenvalue weighted by Crippen LogP contribution is 2.19. The number of amides is 1. The van der Waals surface area contributed by atoms with Crippen molar-refractivity contribution in [3.63, 3.8) is 0 Å². The number of hydrogen-bond acceptors (Lipinski definition) is 4. The molecule has 6 heteroatoms. The molecule has 0 bridgehead atoms. The minimum atomic E-state index is -0.484. The predicted octanol–water partition coefficient (Wildman–Crippen LogP) is 2.17. The van der Waals surface area contributed by atoms with Crippen LogP contribution in [0.2, 0.25) is 0 Å². The zero-order valence-electron chi connectivity index (χ0n) is 13.7. The summed E-state index contributed by atoms with van der Waals surface area (Å²) >= 11 is 1.47. The van der Waals surface area contributed by atoms with E-state index in [1.165, 1.54) is 27.7 Å². The smallest absolute Gasteiger partial charge is 0.278 e. The monoisotopic (exact) mass is 353 g/mol. The lowest BCUT2D eigenvalue weighted by molar-refractivity contribution is -0.130. The lowest BCUT2D eigenvalue weighted by Crippen LogP contribution is -2.43. The fraction of sp³-hybridized carbons (Fsp3) is 0.263. The van der Waals surface area contributed by atoms with Gasteiger partial charge < -0.3 is 14.6 Å². The summed E-state index contributed by atoms with van der Waals surface area (Å²) in [5.74, 6) is -0.221. The molecule has 1 saturated heterocycles. The number of carbonyl (C=O) groups is 1. The first kappa shape index (κ1) is 16.2. The second-order valence-electron chi connectivity index (χ2n) is 5.97. The van der Waals surface area contributed by atoms with E-state index in [0.717, 1.165) is 6.54 Å². The summed E-state index contributed by atoms with van der Waals surface area (Å²) in [7, 11) is 0. The van der Waals surface area contributed by atoms with Gasteiger partial charge in [0.1, 0.15) is 0 Å². The van der Waals surface area contributed by atoms with Gasteiger partial charge in [-0.1, -0.05) is 42.5 Å². The number of morpholine rings is 1. The molecular formula is C19H19N3O2S. The predicted molar refractivity (Wildman–Crippen MR) is 98.5 cm³/mol. The van der Waals surface area contributed by atoms with Gasteiger partial charge in [0.05, 0.1) is 13.2 Å². The SMILES string of the molecule is O=C(N=c1sccn1Cc1cccc2ccccc12)C1CNCCO1. The Morgan fingerprint density at radius 2 is 2.16 bits per heavy atom. The number of fused-ring (bicyclic) bond motifs is 1. The normalized spacial score (nSPS) is 18.6.